The van der Waals surface area contributed by atoms with E-state index in [2.05, 4.69) is 0 Å². The second kappa shape index (κ2) is 28.5. The van der Waals surface area contributed by atoms with E-state index in [1.54, 1.807) is 24.3 Å². The number of ether oxygens (including phenoxy) is 4. The van der Waals surface area contributed by atoms with Crippen molar-refractivity contribution in [1.29, 1.82) is 0 Å². The van der Waals surface area contributed by atoms with Gasteiger partial charge in [-0.3, -0.25) is 4.18 Å². The first kappa shape index (κ1) is 39.4. The van der Waals surface area contributed by atoms with E-state index in [1.807, 2.05) is 20.8 Å². The summed E-state index contributed by atoms with van der Waals surface area (Å²) in [5.74, 6) is 0. The lowest BCUT2D eigenvalue weighted by Gasteiger charge is -2.06. The maximum Gasteiger partial charge on any atom is 0.296 e. The van der Waals surface area contributed by atoms with E-state index >= 15 is 0 Å². The highest BCUT2D eigenvalue weighted by Gasteiger charge is 2.14. The van der Waals surface area contributed by atoms with Crippen LogP contribution in [0.5, 0.6) is 0 Å². The summed E-state index contributed by atoms with van der Waals surface area (Å²) >= 11 is 0. The molecule has 0 bridgehead atoms. The smallest absolute Gasteiger partial charge is 0.296 e. The van der Waals surface area contributed by atoms with Crippen molar-refractivity contribution in [3.63, 3.8) is 0 Å². The van der Waals surface area contributed by atoms with Crippen molar-refractivity contribution in [3.8, 4) is 0 Å². The van der Waals surface area contributed by atoms with Crippen LogP contribution in [0.25, 0.3) is 0 Å². The zero-order valence-electron chi connectivity index (χ0n) is 21.3. The molecule has 0 heterocycles. The Kier molecular flexibility index (Phi) is 31.2. The van der Waals surface area contributed by atoms with E-state index in [1.165, 1.54) is 0 Å². The molecule has 0 aromatic heterocycles. The molecule has 8 nitrogen and oxygen atoms in total. The summed E-state index contributed by atoms with van der Waals surface area (Å²) in [6.45, 7) is 11.8. The van der Waals surface area contributed by atoms with Gasteiger partial charge in [0.1, 0.15) is 0 Å². The Labute approximate surface area is 221 Å². The molecule has 0 atom stereocenters. The molecule has 9 heteroatoms. The van der Waals surface area contributed by atoms with Crippen LogP contribution < -0.4 is 0 Å². The van der Waals surface area contributed by atoms with Crippen molar-refractivity contribution < 1.29 is 36.7 Å². The maximum absolute atomic E-state index is 11.9. The summed E-state index contributed by atoms with van der Waals surface area (Å²) in [6.07, 6.45) is 5.42. The SMILES string of the molecule is C.C.CCOCCOCCCCCO.CCOCCOCCCCCOS(=O)(=O)c1ccc(C)cc1. The lowest BCUT2D eigenvalue weighted by atomic mass is 10.2. The number of rotatable bonds is 21. The van der Waals surface area contributed by atoms with Crippen molar-refractivity contribution in [2.24, 2.45) is 0 Å². The van der Waals surface area contributed by atoms with E-state index in [-0.39, 0.29) is 26.4 Å². The lowest BCUT2D eigenvalue weighted by molar-refractivity contribution is 0.0509. The molecule has 0 spiro atoms. The van der Waals surface area contributed by atoms with Gasteiger partial charge in [0, 0.05) is 33.0 Å². The Bertz CT molecular complexity index is 640. The Balaban J connectivity index is -0.000000670. The molecule has 0 amide bonds. The van der Waals surface area contributed by atoms with Gasteiger partial charge in [-0.15, -0.1) is 0 Å². The number of aryl methyl sites for hydroxylation is 1. The van der Waals surface area contributed by atoms with Crippen LogP contribution in [0.2, 0.25) is 0 Å². The summed E-state index contributed by atoms with van der Waals surface area (Å²) in [6, 6.07) is 6.65. The van der Waals surface area contributed by atoms with Crippen molar-refractivity contribution in [2.45, 2.75) is 79.0 Å². The molecule has 1 rings (SSSR count). The predicted octanol–water partition coefficient (Wildman–Crippen LogP) is 5.40. The number of aliphatic hydroxyl groups is 1. The standard InChI is InChI=1S/C16H26O5S.C9H20O3.2CH4/c1-3-19-13-14-20-11-5-4-6-12-21-22(17,18)16-9-7-15(2)8-10-16;1-2-11-8-9-12-7-5-3-4-6-10;;/h7-10H,3-6,11-14H2,1-2H3;10H,2-9H2,1H3;2*1H4. The van der Waals surface area contributed by atoms with Gasteiger partial charge in [-0.2, -0.15) is 8.42 Å². The third-order valence-corrected chi connectivity index (χ3v) is 5.91. The predicted molar refractivity (Wildman–Crippen MR) is 147 cm³/mol. The fourth-order valence-electron chi connectivity index (χ4n) is 2.65. The fraction of sp³-hybridized carbons (Fsp3) is 0.778. The molecule has 0 saturated heterocycles. The molecule has 36 heavy (non-hydrogen) atoms. The van der Waals surface area contributed by atoms with Crippen molar-refractivity contribution >= 4 is 10.1 Å². The van der Waals surface area contributed by atoms with E-state index in [4.69, 9.17) is 28.2 Å². The highest BCUT2D eigenvalue weighted by atomic mass is 32.2. The number of hydrogen-bond donors (Lipinski definition) is 1. The van der Waals surface area contributed by atoms with Gasteiger partial charge in [0.05, 0.1) is 37.9 Å². The molecule has 0 saturated carbocycles. The third-order valence-electron chi connectivity index (χ3n) is 4.58. The van der Waals surface area contributed by atoms with Crippen LogP contribution in [0, 0.1) is 6.92 Å². The van der Waals surface area contributed by atoms with Crippen LogP contribution in [0.3, 0.4) is 0 Å². The molecule has 1 N–H and O–H groups in total. The first-order valence-electron chi connectivity index (χ1n) is 12.4. The number of aliphatic hydroxyl groups excluding tert-OH is 1. The normalized spacial score (nSPS) is 10.7. The van der Waals surface area contributed by atoms with Crippen molar-refractivity contribution in [3.05, 3.63) is 29.8 Å². The van der Waals surface area contributed by atoms with Gasteiger partial charge in [-0.05, 0) is 71.4 Å². The van der Waals surface area contributed by atoms with Crippen molar-refractivity contribution in [2.75, 3.05) is 66.1 Å². The molecule has 216 valence electrons. The van der Waals surface area contributed by atoms with Gasteiger partial charge < -0.3 is 24.1 Å². The van der Waals surface area contributed by atoms with Gasteiger partial charge in [0.25, 0.3) is 10.1 Å². The first-order chi connectivity index (χ1) is 16.5. The summed E-state index contributed by atoms with van der Waals surface area (Å²) in [5, 5.41) is 8.48. The first-order valence-corrected chi connectivity index (χ1v) is 13.8. The van der Waals surface area contributed by atoms with Gasteiger partial charge >= 0.3 is 0 Å². The van der Waals surface area contributed by atoms with Crippen LogP contribution in [-0.4, -0.2) is 79.6 Å². The average Bonchev–Trinajstić information content (AvgIpc) is 2.83. The van der Waals surface area contributed by atoms with Crippen LogP contribution in [0.1, 0.15) is 72.8 Å². The molecule has 1 aromatic rings. The van der Waals surface area contributed by atoms with Crippen LogP contribution >= 0.6 is 0 Å². The molecule has 0 fully saturated rings. The van der Waals surface area contributed by atoms with Crippen LogP contribution in [0.4, 0.5) is 0 Å². The molecule has 0 aliphatic heterocycles. The van der Waals surface area contributed by atoms with E-state index in [0.717, 1.165) is 50.9 Å². The fourth-order valence-corrected chi connectivity index (χ4v) is 3.59. The minimum absolute atomic E-state index is 0. The summed E-state index contributed by atoms with van der Waals surface area (Å²) in [4.78, 5) is 0.206. The number of benzene rings is 1. The molecule has 0 radical (unpaired) electrons. The quantitative estimate of drug-likeness (QED) is 0.164. The van der Waals surface area contributed by atoms with Crippen molar-refractivity contribution in [1.82, 2.24) is 0 Å². The molecular formula is C27H54O8S. The summed E-state index contributed by atoms with van der Waals surface area (Å²) in [7, 11) is -3.63. The van der Waals surface area contributed by atoms with E-state index in [0.29, 0.717) is 52.7 Å². The van der Waals surface area contributed by atoms with Gasteiger partial charge in [-0.1, -0.05) is 32.5 Å². The molecule has 1 aromatic carbocycles. The third kappa shape index (κ3) is 24.6. The zero-order valence-corrected chi connectivity index (χ0v) is 22.2. The minimum atomic E-state index is -3.63. The average molecular weight is 539 g/mol. The molecule has 0 aliphatic rings. The van der Waals surface area contributed by atoms with Crippen LogP contribution in [0.15, 0.2) is 29.2 Å². The van der Waals surface area contributed by atoms with E-state index < -0.39 is 10.1 Å². The Morgan fingerprint density at radius 2 is 1.08 bits per heavy atom. The largest absolute Gasteiger partial charge is 0.396 e. The Morgan fingerprint density at radius 3 is 1.56 bits per heavy atom. The number of hydrogen-bond acceptors (Lipinski definition) is 8. The number of unbranched alkanes of at least 4 members (excludes halogenated alkanes) is 4. The Morgan fingerprint density at radius 1 is 0.639 bits per heavy atom. The second-order valence-corrected chi connectivity index (χ2v) is 9.17. The highest BCUT2D eigenvalue weighted by Crippen LogP contribution is 2.13. The summed E-state index contributed by atoms with van der Waals surface area (Å²) in [5.41, 5.74) is 1.02. The minimum Gasteiger partial charge on any atom is -0.396 e. The monoisotopic (exact) mass is 538 g/mol. The lowest BCUT2D eigenvalue weighted by Crippen LogP contribution is -2.08. The van der Waals surface area contributed by atoms with Crippen LogP contribution in [-0.2, 0) is 33.2 Å². The Hall–Kier alpha value is -1.07. The molecular weight excluding hydrogens is 484 g/mol. The van der Waals surface area contributed by atoms with Gasteiger partial charge in [0.2, 0.25) is 0 Å². The molecule has 0 aliphatic carbocycles. The topological polar surface area (TPSA) is 101 Å². The van der Waals surface area contributed by atoms with E-state index in [9.17, 15) is 8.42 Å². The highest BCUT2D eigenvalue weighted by molar-refractivity contribution is 7.86. The zero-order chi connectivity index (χ0) is 25.3. The molecule has 0 unspecified atom stereocenters. The second-order valence-electron chi connectivity index (χ2n) is 7.55. The maximum atomic E-state index is 11.9. The van der Waals surface area contributed by atoms with Gasteiger partial charge in [-0.25, -0.2) is 0 Å². The van der Waals surface area contributed by atoms with Gasteiger partial charge in [0.15, 0.2) is 0 Å². The summed E-state index contributed by atoms with van der Waals surface area (Å²) < 4.78 is 49.8.